The fourth-order valence-electron chi connectivity index (χ4n) is 3.66. The molecular weight excluding hydrogens is 396 g/mol. The van der Waals surface area contributed by atoms with Crippen molar-refractivity contribution in [3.63, 3.8) is 0 Å². The van der Waals surface area contributed by atoms with Crippen LogP contribution >= 0.6 is 0 Å². The Morgan fingerprint density at radius 3 is 1.91 bits per heavy atom. The summed E-state index contributed by atoms with van der Waals surface area (Å²) in [6, 6.07) is 16.1. The van der Waals surface area contributed by atoms with Gasteiger partial charge in [-0.05, 0) is 48.9 Å². The molecule has 0 unspecified atom stereocenters. The van der Waals surface area contributed by atoms with Gasteiger partial charge in [-0.15, -0.1) is 0 Å². The summed E-state index contributed by atoms with van der Waals surface area (Å²) >= 11 is 0. The molecule has 1 aromatic heterocycles. The number of ether oxygens (including phenoxy) is 1. The molecule has 0 amide bonds. The van der Waals surface area contributed by atoms with Crippen LogP contribution in [0.25, 0.3) is 11.3 Å². The first-order valence-corrected chi connectivity index (χ1v) is 11.9. The first-order valence-electron chi connectivity index (χ1n) is 11.9. The quantitative estimate of drug-likeness (QED) is 0.225. The highest BCUT2D eigenvalue weighted by atomic mass is 16.5. The molecule has 3 aromatic rings. The van der Waals surface area contributed by atoms with Gasteiger partial charge in [0.1, 0.15) is 0 Å². The van der Waals surface area contributed by atoms with Gasteiger partial charge in [0.25, 0.3) is 0 Å². The van der Waals surface area contributed by atoms with Crippen molar-refractivity contribution < 1.29 is 9.53 Å². The number of unbranched alkanes of at least 4 members (excludes halogenated alkanes) is 5. The first-order chi connectivity index (χ1) is 15.7. The minimum atomic E-state index is -0.417. The van der Waals surface area contributed by atoms with Gasteiger partial charge in [-0.2, -0.15) is 0 Å². The van der Waals surface area contributed by atoms with Gasteiger partial charge in [0.05, 0.1) is 23.7 Å². The minimum absolute atomic E-state index is 0.207. The van der Waals surface area contributed by atoms with Crippen molar-refractivity contribution in [1.29, 1.82) is 0 Å². The lowest BCUT2D eigenvalue weighted by molar-refractivity contribution is 0.0727. The molecule has 0 spiro atoms. The molecule has 168 valence electrons. The number of rotatable bonds is 12. The summed E-state index contributed by atoms with van der Waals surface area (Å²) in [5.74, 6) is -0.210. The van der Waals surface area contributed by atoms with Gasteiger partial charge < -0.3 is 4.74 Å². The van der Waals surface area contributed by atoms with Gasteiger partial charge in [-0.3, -0.25) is 0 Å². The van der Waals surface area contributed by atoms with Gasteiger partial charge in [-0.1, -0.05) is 82.3 Å². The molecule has 0 saturated heterocycles. The Kier molecular flexibility index (Phi) is 9.42. The first kappa shape index (κ1) is 23.6. The highest BCUT2D eigenvalue weighted by Gasteiger charge is 2.10. The van der Waals surface area contributed by atoms with Gasteiger partial charge in [0.15, 0.2) is 0 Å². The van der Waals surface area contributed by atoms with Crippen molar-refractivity contribution in [2.75, 3.05) is 0 Å². The molecular formula is C28H34N2O2. The topological polar surface area (TPSA) is 52.1 Å². The van der Waals surface area contributed by atoms with Crippen LogP contribution in [0.5, 0.6) is 5.88 Å². The Morgan fingerprint density at radius 2 is 1.31 bits per heavy atom. The lowest BCUT2D eigenvalue weighted by Crippen LogP contribution is -2.09. The molecule has 0 bridgehead atoms. The van der Waals surface area contributed by atoms with Crippen LogP contribution in [-0.4, -0.2) is 15.9 Å². The number of nitrogens with zero attached hydrogens (tertiary/aromatic N) is 2. The van der Waals surface area contributed by atoms with Crippen LogP contribution in [0.4, 0.5) is 0 Å². The molecule has 3 rings (SSSR count). The summed E-state index contributed by atoms with van der Waals surface area (Å²) in [6.45, 7) is 4.43. The number of carbonyl (C=O) groups excluding carboxylic acids is 1. The third-order valence-electron chi connectivity index (χ3n) is 5.65. The zero-order valence-electron chi connectivity index (χ0n) is 19.3. The van der Waals surface area contributed by atoms with E-state index in [4.69, 9.17) is 4.74 Å². The van der Waals surface area contributed by atoms with Crippen LogP contribution in [0.3, 0.4) is 0 Å². The second-order valence-corrected chi connectivity index (χ2v) is 8.29. The second-order valence-electron chi connectivity index (χ2n) is 8.29. The molecule has 2 aromatic carbocycles. The van der Waals surface area contributed by atoms with E-state index in [1.54, 1.807) is 6.20 Å². The summed E-state index contributed by atoms with van der Waals surface area (Å²) < 4.78 is 5.40. The predicted octanol–water partition coefficient (Wildman–Crippen LogP) is 7.22. The lowest BCUT2D eigenvalue weighted by Gasteiger charge is -2.06. The van der Waals surface area contributed by atoms with Crippen molar-refractivity contribution >= 4 is 5.97 Å². The van der Waals surface area contributed by atoms with E-state index in [0.29, 0.717) is 5.56 Å². The maximum absolute atomic E-state index is 12.4. The highest BCUT2D eigenvalue weighted by Crippen LogP contribution is 2.20. The number of aromatic nitrogens is 2. The molecule has 4 heteroatoms. The van der Waals surface area contributed by atoms with E-state index in [0.717, 1.165) is 24.1 Å². The van der Waals surface area contributed by atoms with Gasteiger partial charge >= 0.3 is 5.97 Å². The highest BCUT2D eigenvalue weighted by molar-refractivity contribution is 5.90. The smallest absolute Gasteiger partial charge is 0.344 e. The fraction of sp³-hybridized carbons (Fsp3) is 0.393. The molecule has 0 fully saturated rings. The van der Waals surface area contributed by atoms with Gasteiger partial charge in [0, 0.05) is 5.56 Å². The van der Waals surface area contributed by atoms with Crippen LogP contribution in [-0.2, 0) is 12.8 Å². The van der Waals surface area contributed by atoms with E-state index >= 15 is 0 Å². The van der Waals surface area contributed by atoms with Crippen LogP contribution < -0.4 is 4.74 Å². The largest absolute Gasteiger partial charge is 0.402 e. The fourth-order valence-corrected chi connectivity index (χ4v) is 3.66. The maximum Gasteiger partial charge on any atom is 0.344 e. The van der Waals surface area contributed by atoms with Crippen LogP contribution in [0, 0.1) is 0 Å². The number of aryl methyl sites for hydroxylation is 2. The zero-order valence-corrected chi connectivity index (χ0v) is 19.3. The predicted molar refractivity (Wildman–Crippen MR) is 130 cm³/mol. The second kappa shape index (κ2) is 12.7. The molecule has 1 heterocycles. The van der Waals surface area contributed by atoms with E-state index in [-0.39, 0.29) is 5.88 Å². The normalized spacial score (nSPS) is 10.8. The molecule has 0 aliphatic carbocycles. The summed E-state index contributed by atoms with van der Waals surface area (Å²) in [5, 5.41) is 0. The number of carbonyl (C=O) groups is 1. The number of esters is 1. The average Bonchev–Trinajstić information content (AvgIpc) is 2.83. The van der Waals surface area contributed by atoms with E-state index in [2.05, 4.69) is 48.1 Å². The maximum atomic E-state index is 12.4. The number of benzene rings is 2. The average molecular weight is 431 g/mol. The van der Waals surface area contributed by atoms with E-state index in [1.165, 1.54) is 62.3 Å². The standard InChI is InChI=1S/C28H34N2O2/c1-3-5-7-9-11-23-12-16-24(17-13-23)26-20-30-27(21-29-26)32-28(31)25-18-14-22(15-19-25)10-8-6-4-2/h12-21H,3-11H2,1-2H3. The van der Waals surface area contributed by atoms with Crippen LogP contribution in [0.15, 0.2) is 60.9 Å². The van der Waals surface area contributed by atoms with Gasteiger partial charge in [0.2, 0.25) is 5.88 Å². The Bertz CT molecular complexity index is 948. The summed E-state index contributed by atoms with van der Waals surface area (Å²) in [4.78, 5) is 21.1. The van der Waals surface area contributed by atoms with E-state index < -0.39 is 5.97 Å². The summed E-state index contributed by atoms with van der Waals surface area (Å²) in [6.07, 6.45) is 14.0. The Balaban J connectivity index is 1.53. The SMILES string of the molecule is CCCCCCc1ccc(-c2cnc(OC(=O)c3ccc(CCCCC)cc3)cn2)cc1. The molecule has 0 saturated carbocycles. The van der Waals surface area contributed by atoms with Crippen molar-refractivity contribution in [1.82, 2.24) is 9.97 Å². The molecule has 0 aliphatic heterocycles. The molecule has 0 atom stereocenters. The number of hydrogen-bond acceptors (Lipinski definition) is 4. The minimum Gasteiger partial charge on any atom is -0.402 e. The van der Waals surface area contributed by atoms with Crippen molar-refractivity contribution in [3.8, 4) is 17.1 Å². The summed E-state index contributed by atoms with van der Waals surface area (Å²) in [7, 11) is 0. The van der Waals surface area contributed by atoms with Crippen molar-refractivity contribution in [2.45, 2.75) is 71.6 Å². The third kappa shape index (κ3) is 7.30. The Labute approximate surface area is 192 Å². The van der Waals surface area contributed by atoms with Crippen molar-refractivity contribution in [3.05, 3.63) is 77.6 Å². The molecule has 4 nitrogen and oxygen atoms in total. The summed E-state index contributed by atoms with van der Waals surface area (Å²) in [5.41, 5.74) is 4.88. The Morgan fingerprint density at radius 1 is 0.719 bits per heavy atom. The van der Waals surface area contributed by atoms with Crippen LogP contribution in [0.2, 0.25) is 0 Å². The third-order valence-corrected chi connectivity index (χ3v) is 5.65. The number of hydrogen-bond donors (Lipinski definition) is 0. The molecule has 0 radical (unpaired) electrons. The lowest BCUT2D eigenvalue weighted by atomic mass is 10.0. The molecule has 0 N–H and O–H groups in total. The molecule has 32 heavy (non-hydrogen) atoms. The Hall–Kier alpha value is -3.01. The van der Waals surface area contributed by atoms with Crippen LogP contribution in [0.1, 0.15) is 80.3 Å². The zero-order chi connectivity index (χ0) is 22.6. The van der Waals surface area contributed by atoms with E-state index in [1.807, 2.05) is 24.3 Å². The van der Waals surface area contributed by atoms with Crippen molar-refractivity contribution in [2.24, 2.45) is 0 Å². The molecule has 0 aliphatic rings. The van der Waals surface area contributed by atoms with Gasteiger partial charge in [-0.25, -0.2) is 14.8 Å². The monoisotopic (exact) mass is 430 g/mol. The van der Waals surface area contributed by atoms with E-state index in [9.17, 15) is 4.79 Å².